The maximum atomic E-state index is 13.3. The number of carbonyl (C=O) groups is 1. The van der Waals surface area contributed by atoms with Crippen LogP contribution >= 0.6 is 0 Å². The van der Waals surface area contributed by atoms with Crippen LogP contribution in [0.4, 0.5) is 0 Å². The van der Waals surface area contributed by atoms with Crippen molar-refractivity contribution >= 4 is 5.91 Å². The topological polar surface area (TPSA) is 64.4 Å². The van der Waals surface area contributed by atoms with Crippen molar-refractivity contribution in [3.8, 4) is 17.0 Å². The van der Waals surface area contributed by atoms with E-state index in [4.69, 9.17) is 4.74 Å². The van der Waals surface area contributed by atoms with E-state index in [0.717, 1.165) is 23.3 Å². The summed E-state index contributed by atoms with van der Waals surface area (Å²) in [6.45, 7) is 2.72. The van der Waals surface area contributed by atoms with Crippen LogP contribution in [0.3, 0.4) is 0 Å². The number of hydrogen-bond acceptors (Lipinski definition) is 4. The maximum Gasteiger partial charge on any atom is 0.266 e. The second kappa shape index (κ2) is 7.54. The number of aryl methyl sites for hydroxylation is 1. The molecule has 4 rings (SSSR count). The summed E-state index contributed by atoms with van der Waals surface area (Å²) >= 11 is 0. The largest absolute Gasteiger partial charge is 0.497 e. The van der Waals surface area contributed by atoms with E-state index in [1.165, 1.54) is 16.3 Å². The number of hydrogen-bond donors (Lipinski definition) is 0. The predicted octanol–water partition coefficient (Wildman–Crippen LogP) is 3.22. The Kier molecular flexibility index (Phi) is 4.92. The summed E-state index contributed by atoms with van der Waals surface area (Å²) < 4.78 is 6.65. The molecule has 1 aromatic heterocycles. The summed E-state index contributed by atoms with van der Waals surface area (Å²) in [5.41, 5.74) is 4.28. The minimum atomic E-state index is -0.169. The van der Waals surface area contributed by atoms with Gasteiger partial charge in [0.1, 0.15) is 5.75 Å². The van der Waals surface area contributed by atoms with Gasteiger partial charge in [-0.1, -0.05) is 18.2 Å². The summed E-state index contributed by atoms with van der Waals surface area (Å²) in [4.78, 5) is 26.8. The zero-order chi connectivity index (χ0) is 20.5. The Morgan fingerprint density at radius 1 is 1.14 bits per heavy atom. The normalized spacial score (nSPS) is 15.7. The molecule has 1 amide bonds. The van der Waals surface area contributed by atoms with E-state index in [9.17, 15) is 9.59 Å². The average Bonchev–Trinajstić information content (AvgIpc) is 2.75. The van der Waals surface area contributed by atoms with Crippen LogP contribution in [-0.2, 0) is 13.5 Å². The van der Waals surface area contributed by atoms with Crippen molar-refractivity contribution in [3.05, 3.63) is 81.6 Å². The molecule has 1 aliphatic rings. The summed E-state index contributed by atoms with van der Waals surface area (Å²) in [7, 11) is 3.26. The van der Waals surface area contributed by atoms with Gasteiger partial charge in [-0.15, -0.1) is 0 Å². The molecule has 0 saturated heterocycles. The van der Waals surface area contributed by atoms with Gasteiger partial charge >= 0.3 is 0 Å². The van der Waals surface area contributed by atoms with E-state index in [1.807, 2.05) is 48.2 Å². The first-order chi connectivity index (χ1) is 14.0. The Morgan fingerprint density at radius 3 is 2.72 bits per heavy atom. The van der Waals surface area contributed by atoms with Crippen LogP contribution in [0.1, 0.15) is 34.5 Å². The lowest BCUT2D eigenvalue weighted by atomic mass is 9.92. The van der Waals surface area contributed by atoms with Crippen LogP contribution in [0.5, 0.6) is 5.75 Å². The molecule has 1 atom stereocenters. The molecule has 6 nitrogen and oxygen atoms in total. The van der Waals surface area contributed by atoms with Crippen molar-refractivity contribution in [1.82, 2.24) is 14.7 Å². The van der Waals surface area contributed by atoms with Gasteiger partial charge in [0.05, 0.1) is 18.8 Å². The summed E-state index contributed by atoms with van der Waals surface area (Å²) in [5, 5.41) is 4.29. The molecule has 0 spiro atoms. The molecule has 0 radical (unpaired) electrons. The molecule has 6 heteroatoms. The number of carbonyl (C=O) groups excluding carboxylic acids is 1. The standard InChI is InChI=1S/C23H23N3O3/c1-15-20-14-19(29-3)8-7-16(20)11-12-26(15)23(28)18-6-4-5-17(13-18)21-9-10-22(27)25(2)24-21/h4-10,13-15H,11-12H2,1-3H3. The van der Waals surface area contributed by atoms with Crippen molar-refractivity contribution in [3.63, 3.8) is 0 Å². The predicted molar refractivity (Wildman–Crippen MR) is 111 cm³/mol. The zero-order valence-corrected chi connectivity index (χ0v) is 16.8. The molecule has 0 saturated carbocycles. The second-order valence-corrected chi connectivity index (χ2v) is 7.25. The number of methoxy groups -OCH3 is 1. The second-order valence-electron chi connectivity index (χ2n) is 7.25. The third-order valence-corrected chi connectivity index (χ3v) is 5.52. The zero-order valence-electron chi connectivity index (χ0n) is 16.8. The van der Waals surface area contributed by atoms with E-state index in [1.54, 1.807) is 20.2 Å². The van der Waals surface area contributed by atoms with Gasteiger partial charge in [0.2, 0.25) is 0 Å². The number of fused-ring (bicyclic) bond motifs is 1. The SMILES string of the molecule is COc1ccc2c(c1)C(C)N(C(=O)c1cccc(-c3ccc(=O)n(C)n3)c1)CC2. The molecule has 2 heterocycles. The lowest BCUT2D eigenvalue weighted by Gasteiger charge is -2.35. The van der Waals surface area contributed by atoms with Crippen LogP contribution in [0.15, 0.2) is 59.4 Å². The number of benzene rings is 2. The highest BCUT2D eigenvalue weighted by Crippen LogP contribution is 2.33. The molecule has 2 aromatic carbocycles. The van der Waals surface area contributed by atoms with E-state index >= 15 is 0 Å². The van der Waals surface area contributed by atoms with Crippen molar-refractivity contribution in [2.75, 3.05) is 13.7 Å². The third-order valence-electron chi connectivity index (χ3n) is 5.52. The Labute approximate surface area is 169 Å². The Morgan fingerprint density at radius 2 is 1.97 bits per heavy atom. The molecular formula is C23H23N3O3. The Hall–Kier alpha value is -3.41. The van der Waals surface area contributed by atoms with Gasteiger partial charge < -0.3 is 9.64 Å². The van der Waals surface area contributed by atoms with Crippen LogP contribution in [0, 0.1) is 0 Å². The summed E-state index contributed by atoms with van der Waals surface area (Å²) in [6.07, 6.45) is 0.817. The van der Waals surface area contributed by atoms with Crippen molar-refractivity contribution in [2.45, 2.75) is 19.4 Å². The summed E-state index contributed by atoms with van der Waals surface area (Å²) in [5.74, 6) is 0.783. The van der Waals surface area contributed by atoms with Gasteiger partial charge in [0, 0.05) is 30.8 Å². The highest BCUT2D eigenvalue weighted by atomic mass is 16.5. The molecule has 0 bridgehead atoms. The molecule has 148 valence electrons. The first kappa shape index (κ1) is 18.9. The quantitative estimate of drug-likeness (QED) is 0.690. The molecule has 0 aliphatic carbocycles. The van der Waals surface area contributed by atoms with Crippen LogP contribution < -0.4 is 10.3 Å². The Balaban J connectivity index is 1.64. The smallest absolute Gasteiger partial charge is 0.266 e. The van der Waals surface area contributed by atoms with E-state index in [-0.39, 0.29) is 17.5 Å². The van der Waals surface area contributed by atoms with Gasteiger partial charge in [0.25, 0.3) is 11.5 Å². The number of rotatable bonds is 3. The number of nitrogens with zero attached hydrogens (tertiary/aromatic N) is 3. The lowest BCUT2D eigenvalue weighted by Crippen LogP contribution is -2.38. The summed E-state index contributed by atoms with van der Waals surface area (Å²) in [6, 6.07) is 16.6. The van der Waals surface area contributed by atoms with E-state index in [0.29, 0.717) is 17.8 Å². The van der Waals surface area contributed by atoms with Gasteiger partial charge in [-0.2, -0.15) is 5.10 Å². The minimum Gasteiger partial charge on any atom is -0.497 e. The van der Waals surface area contributed by atoms with Crippen LogP contribution in [0.2, 0.25) is 0 Å². The van der Waals surface area contributed by atoms with Gasteiger partial charge in [-0.05, 0) is 54.8 Å². The Bertz CT molecular complexity index is 1140. The monoisotopic (exact) mass is 389 g/mol. The van der Waals surface area contributed by atoms with Crippen LogP contribution in [-0.4, -0.2) is 34.2 Å². The molecule has 1 aliphatic heterocycles. The first-order valence-corrected chi connectivity index (χ1v) is 9.60. The van der Waals surface area contributed by atoms with E-state index in [2.05, 4.69) is 11.2 Å². The highest BCUT2D eigenvalue weighted by Gasteiger charge is 2.28. The molecular weight excluding hydrogens is 366 g/mol. The number of aromatic nitrogens is 2. The number of ether oxygens (including phenoxy) is 1. The highest BCUT2D eigenvalue weighted by molar-refractivity contribution is 5.95. The van der Waals surface area contributed by atoms with Crippen LogP contribution in [0.25, 0.3) is 11.3 Å². The van der Waals surface area contributed by atoms with Crippen molar-refractivity contribution in [1.29, 1.82) is 0 Å². The molecule has 3 aromatic rings. The average molecular weight is 389 g/mol. The van der Waals surface area contributed by atoms with Gasteiger partial charge in [-0.25, -0.2) is 4.68 Å². The molecule has 29 heavy (non-hydrogen) atoms. The van der Waals surface area contributed by atoms with E-state index < -0.39 is 0 Å². The van der Waals surface area contributed by atoms with Gasteiger partial charge in [0.15, 0.2) is 0 Å². The maximum absolute atomic E-state index is 13.3. The fourth-order valence-electron chi connectivity index (χ4n) is 3.83. The van der Waals surface area contributed by atoms with Crippen molar-refractivity contribution in [2.24, 2.45) is 7.05 Å². The lowest BCUT2D eigenvalue weighted by molar-refractivity contribution is 0.0677. The molecule has 0 N–H and O–H groups in total. The fraction of sp³-hybridized carbons (Fsp3) is 0.261. The fourth-order valence-corrected chi connectivity index (χ4v) is 3.83. The van der Waals surface area contributed by atoms with Gasteiger partial charge in [-0.3, -0.25) is 9.59 Å². The first-order valence-electron chi connectivity index (χ1n) is 9.60. The molecule has 1 unspecified atom stereocenters. The van der Waals surface area contributed by atoms with Crippen molar-refractivity contribution < 1.29 is 9.53 Å². The minimum absolute atomic E-state index is 0.0161. The molecule has 0 fully saturated rings. The number of amides is 1. The third kappa shape index (κ3) is 3.53.